The molecule has 0 unspecified atom stereocenters. The average molecular weight is 438 g/mol. The summed E-state index contributed by atoms with van der Waals surface area (Å²) in [5, 5.41) is 23.7. The Bertz CT molecular complexity index is 1240. The minimum atomic E-state index is -0.504. The van der Waals surface area contributed by atoms with Gasteiger partial charge in [0.15, 0.2) is 0 Å². The number of rotatable bonds is 6. The van der Waals surface area contributed by atoms with Gasteiger partial charge in [0.05, 0.1) is 20.4 Å². The third kappa shape index (κ3) is 4.29. The number of aromatic nitrogens is 3. The molecule has 0 saturated carbocycles. The normalized spacial score (nSPS) is 10.8. The number of fused-ring (bicyclic) bond motifs is 1. The molecule has 2 aromatic carbocycles. The van der Waals surface area contributed by atoms with E-state index in [0.717, 1.165) is 26.5 Å². The van der Waals surface area contributed by atoms with Gasteiger partial charge in [0.1, 0.15) is 16.2 Å². The number of nitro groups is 1. The SMILES string of the molecule is Cc1nc2c(SCC(=O)Nc3cccc([N+](=O)[O-])c3)nnc(-c3ccccc3)c2s1. The van der Waals surface area contributed by atoms with Crippen molar-refractivity contribution in [2.75, 3.05) is 11.1 Å². The Labute approximate surface area is 179 Å². The van der Waals surface area contributed by atoms with E-state index in [2.05, 4.69) is 20.5 Å². The van der Waals surface area contributed by atoms with Crippen molar-refractivity contribution in [3.63, 3.8) is 0 Å². The molecule has 0 bridgehead atoms. The molecule has 0 aliphatic heterocycles. The Morgan fingerprint density at radius 3 is 2.73 bits per heavy atom. The summed E-state index contributed by atoms with van der Waals surface area (Å²) in [6, 6.07) is 15.6. The maximum absolute atomic E-state index is 12.3. The molecule has 0 fully saturated rings. The number of hydrogen-bond donors (Lipinski definition) is 1. The van der Waals surface area contributed by atoms with Crippen molar-refractivity contribution in [1.29, 1.82) is 0 Å². The number of nitrogens with one attached hydrogen (secondary N) is 1. The van der Waals surface area contributed by atoms with Crippen molar-refractivity contribution in [3.8, 4) is 11.3 Å². The van der Waals surface area contributed by atoms with Gasteiger partial charge in [-0.3, -0.25) is 14.9 Å². The van der Waals surface area contributed by atoms with Crippen LogP contribution in [-0.2, 0) is 4.79 Å². The number of nitro benzene ring substituents is 1. The number of aryl methyl sites for hydroxylation is 1. The number of thioether (sulfide) groups is 1. The summed E-state index contributed by atoms with van der Waals surface area (Å²) < 4.78 is 0.926. The molecule has 10 heteroatoms. The van der Waals surface area contributed by atoms with Crippen LogP contribution in [0, 0.1) is 17.0 Å². The van der Waals surface area contributed by atoms with Gasteiger partial charge in [0.25, 0.3) is 5.69 Å². The zero-order chi connectivity index (χ0) is 21.1. The highest BCUT2D eigenvalue weighted by atomic mass is 32.2. The second-order valence-corrected chi connectivity index (χ2v) is 8.44. The molecule has 2 heterocycles. The highest BCUT2D eigenvalue weighted by Crippen LogP contribution is 2.35. The molecule has 0 saturated heterocycles. The van der Waals surface area contributed by atoms with E-state index in [9.17, 15) is 14.9 Å². The number of carbonyl (C=O) groups is 1. The summed E-state index contributed by atoms with van der Waals surface area (Å²) in [5.74, 6) is -0.220. The van der Waals surface area contributed by atoms with Crippen LogP contribution in [0.4, 0.5) is 11.4 Å². The van der Waals surface area contributed by atoms with Gasteiger partial charge in [-0.2, -0.15) is 0 Å². The number of nitrogens with zero attached hydrogens (tertiary/aromatic N) is 4. The molecule has 4 rings (SSSR count). The number of benzene rings is 2. The highest BCUT2D eigenvalue weighted by Gasteiger charge is 2.17. The van der Waals surface area contributed by atoms with Crippen molar-refractivity contribution >= 4 is 50.6 Å². The molecule has 1 N–H and O–H groups in total. The van der Waals surface area contributed by atoms with Crippen molar-refractivity contribution in [2.24, 2.45) is 0 Å². The van der Waals surface area contributed by atoms with E-state index in [1.165, 1.54) is 41.3 Å². The van der Waals surface area contributed by atoms with E-state index in [0.29, 0.717) is 10.7 Å². The smallest absolute Gasteiger partial charge is 0.271 e. The van der Waals surface area contributed by atoms with Crippen LogP contribution in [-0.4, -0.2) is 31.8 Å². The molecule has 0 aliphatic carbocycles. The molecule has 0 spiro atoms. The molecule has 1 amide bonds. The predicted octanol–water partition coefficient (Wildman–Crippen LogP) is 4.70. The third-order valence-electron chi connectivity index (χ3n) is 4.12. The van der Waals surface area contributed by atoms with E-state index < -0.39 is 4.92 Å². The molecule has 30 heavy (non-hydrogen) atoms. The van der Waals surface area contributed by atoms with E-state index in [4.69, 9.17) is 0 Å². The molecule has 2 aromatic heterocycles. The van der Waals surface area contributed by atoms with E-state index in [-0.39, 0.29) is 17.3 Å². The monoisotopic (exact) mass is 437 g/mol. The second kappa shape index (κ2) is 8.56. The lowest BCUT2D eigenvalue weighted by molar-refractivity contribution is -0.384. The molecule has 0 radical (unpaired) electrons. The lowest BCUT2D eigenvalue weighted by Crippen LogP contribution is -2.14. The van der Waals surface area contributed by atoms with Crippen LogP contribution in [0.25, 0.3) is 21.5 Å². The minimum Gasteiger partial charge on any atom is -0.325 e. The van der Waals surface area contributed by atoms with Crippen LogP contribution >= 0.6 is 23.1 Å². The lowest BCUT2D eigenvalue weighted by Gasteiger charge is -2.06. The molecular formula is C20H15N5O3S2. The Morgan fingerprint density at radius 2 is 1.97 bits per heavy atom. The zero-order valence-corrected chi connectivity index (χ0v) is 17.4. The van der Waals surface area contributed by atoms with Crippen molar-refractivity contribution in [2.45, 2.75) is 11.9 Å². The fourth-order valence-corrected chi connectivity index (χ4v) is 4.55. The first-order chi connectivity index (χ1) is 14.5. The Kier molecular flexibility index (Phi) is 5.68. The third-order valence-corrected chi connectivity index (χ3v) is 6.05. The second-order valence-electron chi connectivity index (χ2n) is 6.27. The van der Waals surface area contributed by atoms with Gasteiger partial charge < -0.3 is 5.32 Å². The van der Waals surface area contributed by atoms with Gasteiger partial charge in [0, 0.05) is 23.4 Å². The summed E-state index contributed by atoms with van der Waals surface area (Å²) in [6.07, 6.45) is 0. The molecular weight excluding hydrogens is 422 g/mol. The number of carbonyl (C=O) groups excluding carboxylic acids is 1. The van der Waals surface area contributed by atoms with Crippen LogP contribution in [0.1, 0.15) is 5.01 Å². The summed E-state index contributed by atoms with van der Waals surface area (Å²) in [5.41, 5.74) is 2.73. The number of anilines is 1. The maximum Gasteiger partial charge on any atom is 0.271 e. The van der Waals surface area contributed by atoms with Crippen LogP contribution in [0.5, 0.6) is 0 Å². The zero-order valence-electron chi connectivity index (χ0n) is 15.7. The van der Waals surface area contributed by atoms with Crippen LogP contribution < -0.4 is 5.32 Å². The van der Waals surface area contributed by atoms with Crippen molar-refractivity contribution in [1.82, 2.24) is 15.2 Å². The fraction of sp³-hybridized carbons (Fsp3) is 0.100. The van der Waals surface area contributed by atoms with E-state index in [1.807, 2.05) is 37.3 Å². The van der Waals surface area contributed by atoms with Gasteiger partial charge in [0.2, 0.25) is 5.91 Å². The summed E-state index contributed by atoms with van der Waals surface area (Å²) in [7, 11) is 0. The number of non-ortho nitro benzene ring substituents is 1. The predicted molar refractivity (Wildman–Crippen MR) is 118 cm³/mol. The summed E-state index contributed by atoms with van der Waals surface area (Å²) >= 11 is 2.77. The Balaban J connectivity index is 1.53. The molecule has 4 aromatic rings. The first-order valence-corrected chi connectivity index (χ1v) is 10.7. The van der Waals surface area contributed by atoms with E-state index in [1.54, 1.807) is 6.07 Å². The Hall–Kier alpha value is -3.37. The van der Waals surface area contributed by atoms with Crippen molar-refractivity contribution < 1.29 is 9.72 Å². The lowest BCUT2D eigenvalue weighted by atomic mass is 10.1. The summed E-state index contributed by atoms with van der Waals surface area (Å²) in [4.78, 5) is 27.3. The fourth-order valence-electron chi connectivity index (χ4n) is 2.83. The standard InChI is InChI=1S/C20H15N5O3S2/c1-12-21-18-19(30-12)17(13-6-3-2-4-7-13)23-24-20(18)29-11-16(26)22-14-8-5-9-15(10-14)25(27)28/h2-10H,11H2,1H3,(H,22,26). The van der Waals surface area contributed by atoms with Gasteiger partial charge in [-0.05, 0) is 13.0 Å². The molecule has 0 aliphatic rings. The number of amides is 1. The first-order valence-electron chi connectivity index (χ1n) is 8.87. The minimum absolute atomic E-state index is 0.0771. The molecule has 8 nitrogen and oxygen atoms in total. The Morgan fingerprint density at radius 1 is 1.17 bits per heavy atom. The first kappa shape index (κ1) is 19.9. The topological polar surface area (TPSA) is 111 Å². The van der Waals surface area contributed by atoms with Crippen LogP contribution in [0.2, 0.25) is 0 Å². The van der Waals surface area contributed by atoms with Gasteiger partial charge in [-0.1, -0.05) is 48.2 Å². The quantitative estimate of drug-likeness (QED) is 0.264. The average Bonchev–Trinajstić information content (AvgIpc) is 3.14. The summed E-state index contributed by atoms with van der Waals surface area (Å²) in [6.45, 7) is 1.92. The maximum atomic E-state index is 12.3. The largest absolute Gasteiger partial charge is 0.325 e. The highest BCUT2D eigenvalue weighted by molar-refractivity contribution is 8.00. The van der Waals surface area contributed by atoms with E-state index >= 15 is 0 Å². The molecule has 150 valence electrons. The van der Waals surface area contributed by atoms with Crippen molar-refractivity contribution in [3.05, 3.63) is 69.7 Å². The van der Waals surface area contributed by atoms with Crippen LogP contribution in [0.3, 0.4) is 0 Å². The van der Waals surface area contributed by atoms with Gasteiger partial charge in [-0.15, -0.1) is 21.5 Å². The number of hydrogen-bond acceptors (Lipinski definition) is 8. The molecule has 0 atom stereocenters. The van der Waals surface area contributed by atoms with Gasteiger partial charge >= 0.3 is 0 Å². The number of thiazole rings is 1. The van der Waals surface area contributed by atoms with Gasteiger partial charge in [-0.25, -0.2) is 4.98 Å². The van der Waals surface area contributed by atoms with Crippen LogP contribution in [0.15, 0.2) is 59.6 Å².